The summed E-state index contributed by atoms with van der Waals surface area (Å²) in [5, 5.41) is 3.49. The number of rotatable bonds is 54. The summed E-state index contributed by atoms with van der Waals surface area (Å²) in [7, 11) is -0.865. The zero-order valence-corrected chi connectivity index (χ0v) is 59.0. The summed E-state index contributed by atoms with van der Waals surface area (Å²) in [5.41, 5.74) is 0. The van der Waals surface area contributed by atoms with Crippen molar-refractivity contribution in [3.05, 3.63) is 0 Å². The van der Waals surface area contributed by atoms with Crippen molar-refractivity contribution in [3.63, 3.8) is 0 Å². The molecule has 77 heavy (non-hydrogen) atoms. The van der Waals surface area contributed by atoms with Crippen LogP contribution in [0.15, 0.2) is 0 Å². The fraction of sp³-hybridized carbons (Fsp3) is 1.00. The van der Waals surface area contributed by atoms with E-state index in [0.29, 0.717) is 79.3 Å². The first kappa shape index (κ1) is 81.7. The van der Waals surface area contributed by atoms with E-state index in [1.54, 1.807) is 42.7 Å². The average Bonchev–Trinajstić information content (AvgIpc) is 3.40. The summed E-state index contributed by atoms with van der Waals surface area (Å²) in [6.45, 7) is 37.1. The van der Waals surface area contributed by atoms with Crippen LogP contribution in [0.2, 0.25) is 36.3 Å². The zero-order valence-electron chi connectivity index (χ0n) is 53.0. The lowest BCUT2D eigenvalue weighted by atomic mass is 10.4. The summed E-state index contributed by atoms with van der Waals surface area (Å²) in [6.07, 6.45) is 5.87. The minimum Gasteiger partial charge on any atom is -0.377 e. The lowest BCUT2D eigenvalue weighted by molar-refractivity contribution is 0.0687. The number of hydrogen-bond acceptors (Lipinski definition) is 21. The van der Waals surface area contributed by atoms with E-state index in [4.69, 9.17) is 79.7 Å². The third-order valence-corrected chi connectivity index (χ3v) is 30.3. The predicted octanol–water partition coefficient (Wildman–Crippen LogP) is 8.70. The molecule has 0 rings (SSSR count). The molecule has 1 N–H and O–H groups in total. The van der Waals surface area contributed by atoms with Crippen LogP contribution in [-0.2, 0) is 79.7 Å². The maximum Gasteiger partial charge on any atom is 0.500 e. The van der Waals surface area contributed by atoms with Crippen LogP contribution >= 0.6 is 0 Å². The van der Waals surface area contributed by atoms with E-state index in [2.05, 4.69) is 29.2 Å². The standard InChI is InChI=1S/C19H45NO6Si2.C18H43NO6Si2.C13H33NO6Si2/c1-8-21-27(22-9-2,23-10-3)18-14-16-20(7)17-15-19-28(24-11-4,25-12-5)26-13-6;1-7-20-26(21-8-2,22-9-3)17-13-15-19-16-14-18-27(23-10-4,24-11-5)25-12-6;1-14(10-8-12-21(15-2,16-3)17-4)11-9-13-22(18-5,19-6)20-7/h8-19H2,1-7H3;19H,7-18H2,1-6H3;8-13H2,1-7H3. The first-order valence-electron chi connectivity index (χ1n) is 29.1. The molecule has 27 heteroatoms. The number of hydrogen-bond donors (Lipinski definition) is 1. The molecule has 0 fully saturated rings. The van der Waals surface area contributed by atoms with Crippen molar-refractivity contribution >= 4 is 52.8 Å². The van der Waals surface area contributed by atoms with E-state index in [1.807, 2.05) is 83.1 Å². The smallest absolute Gasteiger partial charge is 0.377 e. The molecule has 0 heterocycles. The molecule has 0 spiro atoms. The Hall–Kier alpha value is 0.461. The van der Waals surface area contributed by atoms with Crippen molar-refractivity contribution < 1.29 is 79.7 Å². The fourth-order valence-corrected chi connectivity index (χ4v) is 22.4. The normalized spacial score (nSPS) is 12.9. The Labute approximate surface area is 478 Å². The highest BCUT2D eigenvalue weighted by Crippen LogP contribution is 2.23. The average molecular weight is 1220 g/mol. The quantitative estimate of drug-likeness (QED) is 0.0450. The molecule has 0 radical (unpaired) electrons. The molecular formula is C50H121N3O18Si6. The van der Waals surface area contributed by atoms with Crippen molar-refractivity contribution in [2.24, 2.45) is 0 Å². The molecule has 468 valence electrons. The maximum absolute atomic E-state index is 5.93. The Kier molecular flexibility index (Phi) is 55.2. The van der Waals surface area contributed by atoms with Crippen molar-refractivity contribution in [2.45, 2.75) is 158 Å². The molecular weight excluding hydrogens is 1100 g/mol. The van der Waals surface area contributed by atoms with E-state index >= 15 is 0 Å². The van der Waals surface area contributed by atoms with E-state index < -0.39 is 52.8 Å². The molecule has 0 aliphatic heterocycles. The molecule has 0 atom stereocenters. The molecule has 0 aliphatic carbocycles. The number of nitrogens with zero attached hydrogens (tertiary/aromatic N) is 2. The second kappa shape index (κ2) is 52.0. The van der Waals surface area contributed by atoms with Gasteiger partial charge in [-0.25, -0.2) is 0 Å². The van der Waals surface area contributed by atoms with Crippen LogP contribution in [0.1, 0.15) is 122 Å². The van der Waals surface area contributed by atoms with Gasteiger partial charge in [-0.1, -0.05) is 0 Å². The van der Waals surface area contributed by atoms with Crippen LogP contribution in [0.25, 0.3) is 0 Å². The molecule has 0 bridgehead atoms. The van der Waals surface area contributed by atoms with Crippen molar-refractivity contribution in [1.29, 1.82) is 0 Å². The summed E-state index contributed by atoms with van der Waals surface area (Å²) in [4.78, 5) is 4.62. The summed E-state index contributed by atoms with van der Waals surface area (Å²) < 4.78 is 103. The van der Waals surface area contributed by atoms with Gasteiger partial charge in [-0.15, -0.1) is 0 Å². The molecule has 0 unspecified atom stereocenters. The van der Waals surface area contributed by atoms with E-state index in [-0.39, 0.29) is 0 Å². The monoisotopic (exact) mass is 1220 g/mol. The minimum atomic E-state index is -2.54. The van der Waals surface area contributed by atoms with E-state index in [9.17, 15) is 0 Å². The molecule has 0 aromatic carbocycles. The lowest BCUT2D eigenvalue weighted by Gasteiger charge is -2.30. The van der Waals surface area contributed by atoms with Crippen LogP contribution in [-0.4, -0.2) is 238 Å². The van der Waals surface area contributed by atoms with Crippen LogP contribution in [0.4, 0.5) is 0 Å². The van der Waals surface area contributed by atoms with Gasteiger partial charge in [-0.2, -0.15) is 0 Å². The topological polar surface area (TPSA) is 185 Å². The van der Waals surface area contributed by atoms with Gasteiger partial charge in [0.15, 0.2) is 0 Å². The third-order valence-electron chi connectivity index (χ3n) is 12.0. The highest BCUT2D eigenvalue weighted by Gasteiger charge is 2.43. The summed E-state index contributed by atoms with van der Waals surface area (Å²) >= 11 is 0. The molecule has 0 amide bonds. The predicted molar refractivity (Wildman–Crippen MR) is 320 cm³/mol. The summed E-state index contributed by atoms with van der Waals surface area (Å²) in [5.74, 6) is 0. The highest BCUT2D eigenvalue weighted by atomic mass is 28.4. The Balaban J connectivity index is -0.00000108. The van der Waals surface area contributed by atoms with Gasteiger partial charge in [0.1, 0.15) is 0 Å². The zero-order chi connectivity index (χ0) is 58.8. The SMILES string of the molecule is CCO[Si](CCCN(C)CCC[Si](OCC)(OCC)OCC)(OCC)OCC.CCO[Si](CCCNCCC[Si](OCC)(OCC)OCC)(OCC)OCC.CO[Si](CCCN(C)CCC[Si](OC)(OC)OC)(OC)OC. The largest absolute Gasteiger partial charge is 0.500 e. The highest BCUT2D eigenvalue weighted by molar-refractivity contribution is 6.62. The first-order valence-corrected chi connectivity index (χ1v) is 40.7. The van der Waals surface area contributed by atoms with Crippen LogP contribution in [0.3, 0.4) is 0 Å². The van der Waals surface area contributed by atoms with Gasteiger partial charge in [0.2, 0.25) is 0 Å². The fourth-order valence-electron chi connectivity index (χ4n) is 8.59. The van der Waals surface area contributed by atoms with Crippen LogP contribution in [0, 0.1) is 0 Å². The summed E-state index contributed by atoms with van der Waals surface area (Å²) in [6, 6.07) is 5.00. The molecule has 0 aliphatic rings. The third kappa shape index (κ3) is 37.4. The Morgan fingerprint density at radius 2 is 0.403 bits per heavy atom. The molecule has 0 saturated heterocycles. The Morgan fingerprint density at radius 1 is 0.247 bits per heavy atom. The van der Waals surface area contributed by atoms with Gasteiger partial charge in [0, 0.05) is 158 Å². The van der Waals surface area contributed by atoms with Gasteiger partial charge in [0.25, 0.3) is 0 Å². The minimum absolute atomic E-state index is 0.624. The van der Waals surface area contributed by atoms with Crippen molar-refractivity contribution in [2.75, 3.05) is 175 Å². The van der Waals surface area contributed by atoms with Gasteiger partial charge >= 0.3 is 52.8 Å². The van der Waals surface area contributed by atoms with Gasteiger partial charge in [-0.05, 0) is 175 Å². The molecule has 0 aromatic heterocycles. The van der Waals surface area contributed by atoms with Gasteiger partial charge in [-0.3, -0.25) is 0 Å². The van der Waals surface area contributed by atoms with Gasteiger partial charge < -0.3 is 94.8 Å². The molecule has 21 nitrogen and oxygen atoms in total. The number of nitrogens with one attached hydrogen (secondary N) is 1. The van der Waals surface area contributed by atoms with Crippen LogP contribution < -0.4 is 5.32 Å². The Bertz CT molecular complexity index is 1100. The van der Waals surface area contributed by atoms with E-state index in [0.717, 1.165) is 114 Å². The second-order valence-electron chi connectivity index (χ2n) is 17.5. The van der Waals surface area contributed by atoms with Crippen LogP contribution in [0.5, 0.6) is 0 Å². The second-order valence-corrected chi connectivity index (χ2v) is 34.6. The van der Waals surface area contributed by atoms with Crippen molar-refractivity contribution in [3.8, 4) is 0 Å². The Morgan fingerprint density at radius 3 is 0.558 bits per heavy atom. The molecule has 0 saturated carbocycles. The maximum atomic E-state index is 5.93. The van der Waals surface area contributed by atoms with E-state index in [1.165, 1.54) is 0 Å². The molecule has 0 aromatic rings. The first-order chi connectivity index (χ1) is 37.0. The van der Waals surface area contributed by atoms with Crippen molar-refractivity contribution in [1.82, 2.24) is 15.1 Å². The van der Waals surface area contributed by atoms with Gasteiger partial charge in [0.05, 0.1) is 0 Å². The lowest BCUT2D eigenvalue weighted by Crippen LogP contribution is -2.47.